The first-order chi connectivity index (χ1) is 13.9. The summed E-state index contributed by atoms with van der Waals surface area (Å²) in [6.07, 6.45) is 0.632. The summed E-state index contributed by atoms with van der Waals surface area (Å²) in [6.45, 7) is 1.80. The van der Waals surface area contributed by atoms with Crippen molar-refractivity contribution >= 4 is 38.7 Å². The Kier molecular flexibility index (Phi) is 6.43. The van der Waals surface area contributed by atoms with Crippen molar-refractivity contribution in [2.24, 2.45) is 0 Å². The van der Waals surface area contributed by atoms with Crippen LogP contribution in [0.3, 0.4) is 0 Å². The molecule has 152 valence electrons. The van der Waals surface area contributed by atoms with Crippen LogP contribution in [0.25, 0.3) is 10.9 Å². The van der Waals surface area contributed by atoms with Gasteiger partial charge in [-0.15, -0.1) is 0 Å². The number of ether oxygens (including phenoxy) is 3. The van der Waals surface area contributed by atoms with Gasteiger partial charge in [-0.25, -0.2) is 4.79 Å². The molecule has 29 heavy (non-hydrogen) atoms. The van der Waals surface area contributed by atoms with Gasteiger partial charge in [0.2, 0.25) is 0 Å². The summed E-state index contributed by atoms with van der Waals surface area (Å²) in [5, 5.41) is 3.48. The summed E-state index contributed by atoms with van der Waals surface area (Å²) in [6, 6.07) is 10.9. The molecule has 0 radical (unpaired) electrons. The van der Waals surface area contributed by atoms with E-state index in [1.165, 1.54) is 6.92 Å². The average Bonchev–Trinajstić information content (AvgIpc) is 3.14. The Hall–Kier alpha value is -3.00. The van der Waals surface area contributed by atoms with E-state index < -0.39 is 18.0 Å². The van der Waals surface area contributed by atoms with Gasteiger partial charge in [0.15, 0.2) is 17.6 Å². The molecule has 0 aliphatic heterocycles. The number of aromatic amines is 1. The van der Waals surface area contributed by atoms with Crippen molar-refractivity contribution < 1.29 is 23.8 Å². The summed E-state index contributed by atoms with van der Waals surface area (Å²) in [7, 11) is 3.10. The highest BCUT2D eigenvalue weighted by Crippen LogP contribution is 2.27. The van der Waals surface area contributed by atoms with E-state index in [0.29, 0.717) is 17.1 Å². The van der Waals surface area contributed by atoms with Gasteiger partial charge in [0, 0.05) is 28.1 Å². The highest BCUT2D eigenvalue weighted by molar-refractivity contribution is 9.10. The Balaban J connectivity index is 1.61. The lowest BCUT2D eigenvalue weighted by Gasteiger charge is -2.14. The van der Waals surface area contributed by atoms with Gasteiger partial charge in [-0.2, -0.15) is 0 Å². The standard InChI is InChI=1S/C21H21BrN2O5/c1-12(20(25)24-10-13-4-7-18(27-2)19(8-13)28-3)29-21(26)16-11-23-17-6-5-14(22)9-15(16)17/h4-9,11-12,23H,10H2,1-3H3,(H,24,25). The average molecular weight is 461 g/mol. The van der Waals surface area contributed by atoms with E-state index in [2.05, 4.69) is 26.2 Å². The molecule has 0 spiro atoms. The number of hydrogen-bond acceptors (Lipinski definition) is 5. The maximum Gasteiger partial charge on any atom is 0.341 e. The van der Waals surface area contributed by atoms with Crippen molar-refractivity contribution in [2.75, 3.05) is 14.2 Å². The fourth-order valence-electron chi connectivity index (χ4n) is 2.86. The SMILES string of the molecule is COc1ccc(CNC(=O)C(C)OC(=O)c2c[nH]c3ccc(Br)cc23)cc1OC. The first-order valence-electron chi connectivity index (χ1n) is 8.89. The first kappa shape index (κ1) is 20.7. The smallest absolute Gasteiger partial charge is 0.341 e. The van der Waals surface area contributed by atoms with Crippen LogP contribution in [0.4, 0.5) is 0 Å². The molecular formula is C21H21BrN2O5. The zero-order valence-electron chi connectivity index (χ0n) is 16.2. The number of methoxy groups -OCH3 is 2. The fourth-order valence-corrected chi connectivity index (χ4v) is 3.22. The molecule has 8 heteroatoms. The summed E-state index contributed by atoms with van der Waals surface area (Å²) in [5.74, 6) is 0.219. The number of nitrogens with one attached hydrogen (secondary N) is 2. The number of carbonyl (C=O) groups is 2. The number of aromatic nitrogens is 1. The Morgan fingerprint density at radius 3 is 2.59 bits per heavy atom. The van der Waals surface area contributed by atoms with Gasteiger partial charge in [-0.3, -0.25) is 4.79 Å². The van der Waals surface area contributed by atoms with Crippen LogP contribution in [0.5, 0.6) is 11.5 Å². The van der Waals surface area contributed by atoms with Crippen molar-refractivity contribution in [3.63, 3.8) is 0 Å². The highest BCUT2D eigenvalue weighted by atomic mass is 79.9. The number of H-pyrrole nitrogens is 1. The van der Waals surface area contributed by atoms with Crippen LogP contribution in [0.2, 0.25) is 0 Å². The number of hydrogen-bond donors (Lipinski definition) is 2. The molecule has 1 amide bonds. The number of carbonyl (C=O) groups excluding carboxylic acids is 2. The van der Waals surface area contributed by atoms with Crippen molar-refractivity contribution in [3.8, 4) is 11.5 Å². The molecule has 2 N–H and O–H groups in total. The second kappa shape index (κ2) is 9.00. The predicted molar refractivity (Wildman–Crippen MR) is 112 cm³/mol. The van der Waals surface area contributed by atoms with Gasteiger partial charge < -0.3 is 24.5 Å². The van der Waals surface area contributed by atoms with Gasteiger partial charge in [0.05, 0.1) is 19.8 Å². The molecule has 1 heterocycles. The maximum atomic E-state index is 12.5. The zero-order chi connectivity index (χ0) is 21.0. The summed E-state index contributed by atoms with van der Waals surface area (Å²) < 4.78 is 16.6. The molecule has 0 bridgehead atoms. The lowest BCUT2D eigenvalue weighted by molar-refractivity contribution is -0.129. The highest BCUT2D eigenvalue weighted by Gasteiger charge is 2.21. The van der Waals surface area contributed by atoms with Gasteiger partial charge in [0.25, 0.3) is 5.91 Å². The van der Waals surface area contributed by atoms with E-state index >= 15 is 0 Å². The van der Waals surface area contributed by atoms with E-state index in [9.17, 15) is 9.59 Å². The van der Waals surface area contributed by atoms with Crippen molar-refractivity contribution in [1.29, 1.82) is 0 Å². The molecule has 1 atom stereocenters. The number of benzene rings is 2. The molecule has 2 aromatic carbocycles. The third-order valence-corrected chi connectivity index (χ3v) is 4.92. The van der Waals surface area contributed by atoms with Gasteiger partial charge in [-0.05, 0) is 42.8 Å². The number of rotatable bonds is 7. The number of esters is 1. The third kappa shape index (κ3) is 4.71. The van der Waals surface area contributed by atoms with Gasteiger partial charge >= 0.3 is 5.97 Å². The molecule has 0 fully saturated rings. The molecule has 1 aromatic heterocycles. The molecule has 7 nitrogen and oxygen atoms in total. The minimum atomic E-state index is -0.945. The normalized spacial score (nSPS) is 11.7. The number of fused-ring (bicyclic) bond motifs is 1. The monoisotopic (exact) mass is 460 g/mol. The lowest BCUT2D eigenvalue weighted by atomic mass is 10.2. The number of amides is 1. The molecule has 0 saturated heterocycles. The lowest BCUT2D eigenvalue weighted by Crippen LogP contribution is -2.35. The Morgan fingerprint density at radius 2 is 1.86 bits per heavy atom. The first-order valence-corrected chi connectivity index (χ1v) is 9.68. The summed E-state index contributed by atoms with van der Waals surface area (Å²) in [4.78, 5) is 27.9. The van der Waals surface area contributed by atoms with Crippen molar-refractivity contribution in [1.82, 2.24) is 10.3 Å². The largest absolute Gasteiger partial charge is 0.493 e. The summed E-state index contributed by atoms with van der Waals surface area (Å²) in [5.41, 5.74) is 2.02. The molecule has 3 rings (SSSR count). The second-order valence-electron chi connectivity index (χ2n) is 6.35. The Bertz CT molecular complexity index is 1050. The molecule has 0 aliphatic carbocycles. The van der Waals surface area contributed by atoms with Crippen LogP contribution >= 0.6 is 15.9 Å². The predicted octanol–water partition coefficient (Wildman–Crippen LogP) is 3.81. The van der Waals surface area contributed by atoms with Crippen LogP contribution in [0.1, 0.15) is 22.8 Å². The molecule has 1 unspecified atom stereocenters. The van der Waals surface area contributed by atoms with Crippen LogP contribution in [0, 0.1) is 0 Å². The summed E-state index contributed by atoms with van der Waals surface area (Å²) >= 11 is 3.39. The van der Waals surface area contributed by atoms with E-state index in [0.717, 1.165) is 20.9 Å². The van der Waals surface area contributed by atoms with Crippen LogP contribution in [-0.2, 0) is 16.1 Å². The number of halogens is 1. The third-order valence-electron chi connectivity index (χ3n) is 4.43. The van der Waals surface area contributed by atoms with E-state index in [4.69, 9.17) is 14.2 Å². The quantitative estimate of drug-likeness (QED) is 0.523. The van der Waals surface area contributed by atoms with E-state index in [1.807, 2.05) is 24.3 Å². The maximum absolute atomic E-state index is 12.5. The topological polar surface area (TPSA) is 89.6 Å². The van der Waals surface area contributed by atoms with E-state index in [-0.39, 0.29) is 6.54 Å². The van der Waals surface area contributed by atoms with Gasteiger partial charge in [-0.1, -0.05) is 22.0 Å². The Labute approximate surface area is 176 Å². The van der Waals surface area contributed by atoms with E-state index in [1.54, 1.807) is 32.5 Å². The molecule has 3 aromatic rings. The minimum absolute atomic E-state index is 0.265. The zero-order valence-corrected chi connectivity index (χ0v) is 17.8. The van der Waals surface area contributed by atoms with Crippen LogP contribution in [0.15, 0.2) is 47.1 Å². The van der Waals surface area contributed by atoms with Crippen molar-refractivity contribution in [3.05, 3.63) is 58.2 Å². The second-order valence-corrected chi connectivity index (χ2v) is 7.26. The molecular weight excluding hydrogens is 440 g/mol. The molecule has 0 aliphatic rings. The van der Waals surface area contributed by atoms with Gasteiger partial charge in [0.1, 0.15) is 0 Å². The van der Waals surface area contributed by atoms with Crippen LogP contribution < -0.4 is 14.8 Å². The minimum Gasteiger partial charge on any atom is -0.493 e. The fraction of sp³-hybridized carbons (Fsp3) is 0.238. The molecule has 0 saturated carbocycles. The Morgan fingerprint density at radius 1 is 1.10 bits per heavy atom. The van der Waals surface area contributed by atoms with Crippen molar-refractivity contribution in [2.45, 2.75) is 19.6 Å². The van der Waals surface area contributed by atoms with Crippen LogP contribution in [-0.4, -0.2) is 37.2 Å².